The number of likely N-dealkylation sites (N-methyl/N-ethyl adjacent to an activating group) is 3. The van der Waals surface area contributed by atoms with Gasteiger partial charge in [0.25, 0.3) is 0 Å². The number of phenolic OH excluding ortho intramolecular Hbond substituents is 1. The number of carboxylic acid groups (broad SMARTS) is 1. The van der Waals surface area contributed by atoms with Crippen LogP contribution in [-0.4, -0.2) is 277 Å². The summed E-state index contributed by atoms with van der Waals surface area (Å²) in [5.74, 6) is -19.7. The Hall–Kier alpha value is -13.0. The molecule has 13 atom stereocenters. The number of likely N-dealkylation sites (tertiary alicyclic amines) is 2. The minimum Gasteiger partial charge on any atom is -0.508 e. The molecule has 0 aliphatic carbocycles. The monoisotopic (exact) mass is 1880 g/mol. The number of H-pyrrole nitrogens is 1. The number of benzene rings is 5. The van der Waals surface area contributed by atoms with Gasteiger partial charge in [-0.15, -0.1) is 0 Å². The average Bonchev–Trinajstić information content (AvgIpc) is 1.47. The van der Waals surface area contributed by atoms with Gasteiger partial charge in [0, 0.05) is 127 Å². The number of aromatic nitrogens is 1. The van der Waals surface area contributed by atoms with E-state index >= 15 is 28.8 Å². The first-order valence-electron chi connectivity index (χ1n) is 44.9. The quantitative estimate of drug-likeness (QED) is 0.0192. The van der Waals surface area contributed by atoms with Crippen molar-refractivity contribution in [2.24, 2.45) is 23.1 Å². The molecule has 6 aromatic rings. The molecule has 134 heavy (non-hydrogen) atoms. The zero-order valence-corrected chi connectivity index (χ0v) is 76.7. The molecule has 4 aliphatic rings. The molecular weight excluding hydrogens is 1760 g/mol. The van der Waals surface area contributed by atoms with Crippen molar-refractivity contribution in [1.29, 1.82) is 0 Å². The number of para-hydroxylation sites is 1. The minimum absolute atomic E-state index is 0.0274. The van der Waals surface area contributed by atoms with Gasteiger partial charge in [-0.2, -0.15) is 11.8 Å². The lowest BCUT2D eigenvalue weighted by Crippen LogP contribution is -2.62. The smallest absolute Gasteiger partial charge is 0.303 e. The van der Waals surface area contributed by atoms with Gasteiger partial charge in [0.2, 0.25) is 88.6 Å². The van der Waals surface area contributed by atoms with Gasteiger partial charge in [-0.1, -0.05) is 119 Å². The zero-order valence-electron chi connectivity index (χ0n) is 75.9. The van der Waals surface area contributed by atoms with Crippen molar-refractivity contribution in [3.05, 3.63) is 172 Å². The SMILES string of the molecule is CCCC[C@H]1C(=O)NCC(CCC(=O)N2C[C@H](O)CC2C(=O)N[C@H](C(=O)N(C)[C@@H](Cc2ccccc2)C(=O)N[C@@H](CCC(=O)O)C(=O)N2CCCC[C@@H]2C(=O)N[C@@H](Cc2c[nH]c3ccccc23)C(=O)N[C@@H](Cc2ccc(O)cc2)C(=O)N[C@@H](CCCN)C(N)=O)C(C)C)c2ccc(cc2)C[C@H](N(C)C(=O)[C@H](Cc2cc(F)c(F)c(F)c2)NC(=O)CSCCC(=O)NCC(N)=O)C(=O)N1C. The molecule has 2 unspecified atom stereocenters. The minimum atomic E-state index is -1.78. The molecule has 40 heteroatoms. The van der Waals surface area contributed by atoms with E-state index in [1.54, 1.807) is 98.9 Å². The van der Waals surface area contributed by atoms with Crippen LogP contribution in [0.1, 0.15) is 150 Å². The fraction of sp³-hybridized carbons (Fsp3) is 0.489. The topological polar surface area (TPSA) is 540 Å². The number of carbonyl (C=O) groups is 16. The Morgan fingerprint density at radius 1 is 0.657 bits per heavy atom. The molecule has 36 nitrogen and oxygen atoms in total. The third-order valence-electron chi connectivity index (χ3n) is 24.4. The maximum absolute atomic E-state index is 15.4. The van der Waals surface area contributed by atoms with Crippen LogP contribution in [-0.2, 0) is 109 Å². The van der Waals surface area contributed by atoms with Crippen molar-refractivity contribution in [3.63, 3.8) is 0 Å². The van der Waals surface area contributed by atoms with E-state index in [0.717, 1.165) is 21.6 Å². The highest BCUT2D eigenvalue weighted by Crippen LogP contribution is 2.30. The fourth-order valence-electron chi connectivity index (χ4n) is 16.8. The molecule has 18 N–H and O–H groups in total. The molecular formula is C94H122F3N17O19S. The van der Waals surface area contributed by atoms with Gasteiger partial charge in [-0.05, 0) is 128 Å². The maximum Gasteiger partial charge on any atom is 0.303 e. The number of nitrogens with one attached hydrogen (secondary N) is 9. The Morgan fingerprint density at radius 2 is 1.30 bits per heavy atom. The molecule has 10 rings (SSSR count). The number of β-amino-alcohol motifs (C(OH)–C–C–N with tert-alkyl or cyclic N) is 1. The van der Waals surface area contributed by atoms with Crippen LogP contribution < -0.4 is 59.7 Å². The fourth-order valence-corrected chi connectivity index (χ4v) is 17.5. The van der Waals surface area contributed by atoms with Crippen LogP contribution in [0.4, 0.5) is 13.2 Å². The van der Waals surface area contributed by atoms with Crippen molar-refractivity contribution in [2.45, 2.75) is 221 Å². The third kappa shape index (κ3) is 29.5. The van der Waals surface area contributed by atoms with Gasteiger partial charge in [0.1, 0.15) is 72.2 Å². The predicted molar refractivity (Wildman–Crippen MR) is 489 cm³/mol. The highest BCUT2D eigenvalue weighted by atomic mass is 32.2. The number of phenols is 1. The first-order chi connectivity index (χ1) is 63.8. The molecule has 4 aliphatic heterocycles. The Balaban J connectivity index is 0.912. The molecule has 2 fully saturated rings. The summed E-state index contributed by atoms with van der Waals surface area (Å²) in [6.45, 7) is 4.42. The second-order valence-corrected chi connectivity index (χ2v) is 35.7. The number of unbranched alkanes of at least 4 members (excludes halogenated alkanes) is 1. The summed E-state index contributed by atoms with van der Waals surface area (Å²) >= 11 is 0.979. The predicted octanol–water partition coefficient (Wildman–Crippen LogP) is 2.19. The number of aliphatic hydroxyl groups excluding tert-OH is 1. The van der Waals surface area contributed by atoms with Crippen molar-refractivity contribution in [3.8, 4) is 5.75 Å². The van der Waals surface area contributed by atoms with Crippen molar-refractivity contribution < 1.29 is 105 Å². The number of rotatable bonds is 45. The number of nitrogens with zero attached hydrogens (tertiary/aromatic N) is 5. The van der Waals surface area contributed by atoms with Gasteiger partial charge in [-0.3, -0.25) is 76.7 Å². The van der Waals surface area contributed by atoms with Crippen molar-refractivity contribution in [2.75, 3.05) is 65.4 Å². The van der Waals surface area contributed by atoms with Crippen molar-refractivity contribution in [1.82, 2.24) is 72.0 Å². The number of aromatic amines is 1. The van der Waals surface area contributed by atoms with Gasteiger partial charge in [0.15, 0.2) is 17.5 Å². The van der Waals surface area contributed by atoms with Crippen LogP contribution in [0.15, 0.2) is 121 Å². The normalized spacial score (nSPS) is 18.4. The summed E-state index contributed by atoms with van der Waals surface area (Å²) in [6, 6.07) is 14.0. The summed E-state index contributed by atoms with van der Waals surface area (Å²) in [7, 11) is 3.99. The zero-order chi connectivity index (χ0) is 97.7. The number of aliphatic carboxylic acids is 1. The van der Waals surface area contributed by atoms with Crippen LogP contribution >= 0.6 is 11.8 Å². The summed E-state index contributed by atoms with van der Waals surface area (Å²) in [4.78, 5) is 236. The molecule has 5 aromatic carbocycles. The average molecular weight is 1880 g/mol. The van der Waals surface area contributed by atoms with Crippen LogP contribution in [0, 0.1) is 23.4 Å². The molecule has 0 radical (unpaired) electrons. The Morgan fingerprint density at radius 3 is 1.96 bits per heavy atom. The maximum atomic E-state index is 15.4. The molecule has 0 saturated carbocycles. The highest BCUT2D eigenvalue weighted by molar-refractivity contribution is 7.99. The summed E-state index contributed by atoms with van der Waals surface area (Å²) < 4.78 is 43.7. The first kappa shape index (κ1) is 105. The summed E-state index contributed by atoms with van der Waals surface area (Å²) in [5, 5.41) is 53.9. The van der Waals surface area contributed by atoms with Gasteiger partial charge >= 0.3 is 5.97 Å². The molecule has 2 saturated heterocycles. The molecule has 5 heterocycles. The molecule has 0 spiro atoms. The van der Waals surface area contributed by atoms with Crippen LogP contribution in [0.25, 0.3) is 10.9 Å². The number of fused-ring (bicyclic) bond motifs is 11. The van der Waals surface area contributed by atoms with Crippen molar-refractivity contribution >= 4 is 117 Å². The number of carbonyl (C=O) groups excluding carboxylic acids is 15. The lowest BCUT2D eigenvalue weighted by molar-refractivity contribution is -0.148. The number of hydrogen-bond acceptors (Lipinski definition) is 20. The van der Waals surface area contributed by atoms with Crippen LogP contribution in [0.5, 0.6) is 5.75 Å². The Labute approximate surface area is 778 Å². The van der Waals surface area contributed by atoms with Crippen LogP contribution in [0.3, 0.4) is 0 Å². The Bertz CT molecular complexity index is 5150. The van der Waals surface area contributed by atoms with E-state index < -0.39 is 222 Å². The third-order valence-corrected chi connectivity index (χ3v) is 25.4. The number of nitrogens with two attached hydrogens (primary N) is 3. The highest BCUT2D eigenvalue weighted by Gasteiger charge is 2.46. The van der Waals surface area contributed by atoms with Gasteiger partial charge in [0.05, 0.1) is 18.4 Å². The van der Waals surface area contributed by atoms with Gasteiger partial charge in [-0.25, -0.2) is 13.2 Å². The molecule has 724 valence electrons. The molecule has 2 bridgehead atoms. The number of halogens is 3. The van der Waals surface area contributed by atoms with E-state index in [0.29, 0.717) is 83.0 Å². The van der Waals surface area contributed by atoms with Crippen LogP contribution in [0.2, 0.25) is 0 Å². The standard InChI is InChI=1S/C94H122F3N17O19S/c1-7-8-22-72-87(126)103-48-59(58-28-24-56(25-29-58)45-76(93(132)110(72)4)112(6)91(130)71(43-57-40-64(95)82(97)65(96)41-57)104-79(119)52-134-39-36-78(118)102-50-77(99)117)30-34-80(120)114-51-62(116)47-75(114)90(129)109-83(53(2)3)94(133)111(5)74(44-54-17-10-9-11-18-54)89(128)106-68(33-35-81(121)122)92(131)113-38-15-14-23-73(113)88(127)108-70(46-60-49-101-66-20-13-12-19-63(60)66)86(125)107-69(42-55-26-31-61(115)32-27-55)85(124)105-67(84(100)123)21-16-37-98/h9-13,17-20,24-29,31-32,40-41,49,53,59,62,67-76,83,101,115-116H,7-8,14-16,21-23,30,33-39,42-48,50-52,98H2,1-6H3,(H2,99,117)(H2,100,123)(H,102,118)(H,103,126)(H,104,119)(H,105,124)(H,106,128)(H,107,125)(H,108,127)(H,109,129)(H,121,122)/t59?,62-,67+,68+,69+,70+,71+,72+,73-,74+,75?,76+,83+/m1/s1. The van der Waals surface area contributed by atoms with E-state index in [-0.39, 0.29) is 120 Å². The largest absolute Gasteiger partial charge is 0.508 e. The second kappa shape index (κ2) is 50.2. The number of primary amides is 2. The number of hydrogen-bond donors (Lipinski definition) is 15. The number of aliphatic hydroxyl groups is 1. The lowest BCUT2D eigenvalue weighted by Gasteiger charge is -2.38. The van der Waals surface area contributed by atoms with Gasteiger partial charge < -0.3 is 105 Å². The van der Waals surface area contributed by atoms with E-state index in [2.05, 4.69) is 47.5 Å². The second-order valence-electron chi connectivity index (χ2n) is 34.6. The Kier molecular flexibility index (Phi) is 39.2. The first-order valence-corrected chi connectivity index (χ1v) is 46.1. The number of piperidine rings is 1. The summed E-state index contributed by atoms with van der Waals surface area (Å²) in [5.41, 5.74) is 19.7. The van der Waals surface area contributed by atoms with E-state index in [9.17, 15) is 76.4 Å². The molecule has 15 amide bonds. The van der Waals surface area contributed by atoms with E-state index in [1.165, 1.54) is 60.1 Å². The number of aromatic hydroxyl groups is 1. The number of carboxylic acids is 1. The summed E-state index contributed by atoms with van der Waals surface area (Å²) in [6.07, 6.45) is -0.378. The molecule has 1 aromatic heterocycles. The lowest BCUT2D eigenvalue weighted by atomic mass is 9.92. The van der Waals surface area contributed by atoms with E-state index in [4.69, 9.17) is 17.2 Å². The number of thioether (sulfide) groups is 1. The van der Waals surface area contributed by atoms with E-state index in [1.807, 2.05) is 6.92 Å². The number of amides is 15.